The summed E-state index contributed by atoms with van der Waals surface area (Å²) in [6.07, 6.45) is -2.50. The van der Waals surface area contributed by atoms with E-state index < -0.39 is 48.7 Å². The molecule has 0 aromatic rings. The van der Waals surface area contributed by atoms with Crippen LogP contribution in [0.15, 0.2) is 16.9 Å². The highest BCUT2D eigenvalue weighted by Crippen LogP contribution is 2.31. The average molecular weight is 341 g/mol. The first-order chi connectivity index (χ1) is 11.4. The second-order valence-corrected chi connectivity index (χ2v) is 5.65. The molecule has 4 N–H and O–H groups in total. The average Bonchev–Trinajstić information content (AvgIpc) is 3.39. The number of carbonyl (C=O) groups excluding carboxylic acids is 2. The number of carboxylic acids is 1. The van der Waals surface area contributed by atoms with Gasteiger partial charge in [-0.15, -0.1) is 0 Å². The lowest BCUT2D eigenvalue weighted by atomic mass is 9.92. The van der Waals surface area contributed by atoms with Gasteiger partial charge in [0.1, 0.15) is 30.0 Å². The van der Waals surface area contributed by atoms with Gasteiger partial charge >= 0.3 is 0 Å². The van der Waals surface area contributed by atoms with E-state index in [1.807, 2.05) is 0 Å². The van der Waals surface area contributed by atoms with Crippen molar-refractivity contribution in [1.82, 2.24) is 5.32 Å². The Labute approximate surface area is 136 Å². The molecule has 1 aliphatic carbocycles. The minimum Gasteiger partial charge on any atom is -0.542 e. The van der Waals surface area contributed by atoms with Gasteiger partial charge in [-0.25, -0.2) is 0 Å². The molecule has 0 saturated heterocycles. The van der Waals surface area contributed by atoms with Crippen molar-refractivity contribution < 1.29 is 34.8 Å². The third-order valence-corrected chi connectivity index (χ3v) is 3.87. The van der Waals surface area contributed by atoms with E-state index in [1.165, 1.54) is 0 Å². The van der Waals surface area contributed by atoms with Gasteiger partial charge in [-0.3, -0.25) is 4.79 Å². The summed E-state index contributed by atoms with van der Waals surface area (Å²) in [6, 6.07) is -2.29. The molecule has 24 heavy (non-hydrogen) atoms. The van der Waals surface area contributed by atoms with Gasteiger partial charge in [-0.1, -0.05) is 5.11 Å². The van der Waals surface area contributed by atoms with Gasteiger partial charge in [-0.05, 0) is 24.4 Å². The molecule has 0 radical (unpaired) electrons. The second-order valence-electron chi connectivity index (χ2n) is 5.65. The summed E-state index contributed by atoms with van der Waals surface area (Å²) in [6.45, 7) is -0.819. The van der Waals surface area contributed by atoms with E-state index in [9.17, 15) is 24.9 Å². The maximum atomic E-state index is 12.0. The zero-order valence-electron chi connectivity index (χ0n) is 12.5. The first kappa shape index (κ1) is 18.0. The summed E-state index contributed by atoms with van der Waals surface area (Å²) in [5.41, 5.74) is 8.66. The maximum Gasteiger partial charge on any atom is 0.223 e. The van der Waals surface area contributed by atoms with Crippen molar-refractivity contribution in [3.05, 3.63) is 22.3 Å². The van der Waals surface area contributed by atoms with Gasteiger partial charge in [0.25, 0.3) is 0 Å². The number of rotatable bonds is 7. The lowest BCUT2D eigenvalue weighted by molar-refractivity contribution is -0.305. The van der Waals surface area contributed by atoms with E-state index >= 15 is 0 Å². The minimum atomic E-state index is -1.74. The molecule has 1 saturated carbocycles. The fourth-order valence-electron chi connectivity index (χ4n) is 2.40. The molecule has 1 amide bonds. The number of nitrogens with one attached hydrogen (secondary N) is 1. The maximum absolute atomic E-state index is 12.0. The van der Waals surface area contributed by atoms with Crippen LogP contribution >= 0.6 is 0 Å². The Bertz CT molecular complexity index is 585. The van der Waals surface area contributed by atoms with Crippen LogP contribution in [0.3, 0.4) is 0 Å². The number of carboxylic acid groups (broad SMARTS) is 1. The number of ether oxygens (including phenoxy) is 1. The van der Waals surface area contributed by atoms with E-state index in [0.29, 0.717) is 12.8 Å². The molecule has 2 rings (SSSR count). The zero-order valence-corrected chi connectivity index (χ0v) is 12.5. The van der Waals surface area contributed by atoms with Gasteiger partial charge in [0.2, 0.25) is 5.91 Å². The Morgan fingerprint density at radius 1 is 1.50 bits per heavy atom. The lowest BCUT2D eigenvalue weighted by Crippen LogP contribution is -2.60. The van der Waals surface area contributed by atoms with Crippen LogP contribution in [0, 0.1) is 5.92 Å². The molecule has 5 atom stereocenters. The molecule has 0 bridgehead atoms. The fourth-order valence-corrected chi connectivity index (χ4v) is 2.40. The molecule has 1 heterocycles. The highest BCUT2D eigenvalue weighted by Gasteiger charge is 2.44. The first-order valence-corrected chi connectivity index (χ1v) is 7.30. The number of nitrogens with zero attached hydrogens (tertiary/aromatic N) is 3. The number of carbonyl (C=O) groups is 2. The molecule has 132 valence electrons. The van der Waals surface area contributed by atoms with Crippen molar-refractivity contribution in [2.45, 2.75) is 43.2 Å². The molecule has 0 aromatic heterocycles. The molecular formula is C13H17N4O7-. The molecule has 2 aliphatic rings. The Morgan fingerprint density at radius 3 is 2.67 bits per heavy atom. The van der Waals surface area contributed by atoms with Crippen LogP contribution in [0.25, 0.3) is 10.4 Å². The highest BCUT2D eigenvalue weighted by molar-refractivity contribution is 5.83. The number of amides is 1. The summed E-state index contributed by atoms with van der Waals surface area (Å²) < 4.78 is 5.10. The lowest BCUT2D eigenvalue weighted by Gasteiger charge is -2.39. The van der Waals surface area contributed by atoms with Crippen LogP contribution in [-0.2, 0) is 14.3 Å². The molecule has 0 aromatic carbocycles. The monoisotopic (exact) mass is 341 g/mol. The molecular weight excluding hydrogens is 324 g/mol. The molecule has 0 unspecified atom stereocenters. The van der Waals surface area contributed by atoms with Crippen LogP contribution in [-0.4, -0.2) is 64.2 Å². The van der Waals surface area contributed by atoms with E-state index in [-0.39, 0.29) is 11.8 Å². The van der Waals surface area contributed by atoms with E-state index in [1.54, 1.807) is 0 Å². The van der Waals surface area contributed by atoms with Crippen molar-refractivity contribution in [1.29, 1.82) is 0 Å². The smallest absolute Gasteiger partial charge is 0.223 e. The number of aliphatic hydroxyl groups is 3. The molecule has 11 heteroatoms. The van der Waals surface area contributed by atoms with Gasteiger partial charge in [-0.2, -0.15) is 0 Å². The van der Waals surface area contributed by atoms with Crippen molar-refractivity contribution >= 4 is 11.9 Å². The SMILES string of the molecule is [N-]=[N+]=N[C@H]1C=C(C(=O)[O-])O[C@@H]([C@H](O)[C@H](O)CO)[C@@H]1NC(=O)C1CC1. The largest absolute Gasteiger partial charge is 0.542 e. The summed E-state index contributed by atoms with van der Waals surface area (Å²) in [5.74, 6) is -2.97. The van der Waals surface area contributed by atoms with Crippen LogP contribution in [0.5, 0.6) is 0 Å². The Hall–Kier alpha value is -2.33. The molecule has 0 spiro atoms. The van der Waals surface area contributed by atoms with Crippen molar-refractivity contribution in [2.24, 2.45) is 11.0 Å². The van der Waals surface area contributed by atoms with Crippen LogP contribution in [0.4, 0.5) is 0 Å². The van der Waals surface area contributed by atoms with Gasteiger partial charge in [0.05, 0.1) is 18.7 Å². The molecule has 1 fully saturated rings. The predicted octanol–water partition coefficient (Wildman–Crippen LogP) is -2.69. The number of azide groups is 1. The number of aliphatic carboxylic acids is 1. The van der Waals surface area contributed by atoms with Crippen LogP contribution in [0.2, 0.25) is 0 Å². The Morgan fingerprint density at radius 2 is 2.17 bits per heavy atom. The number of aliphatic hydroxyl groups excluding tert-OH is 3. The van der Waals surface area contributed by atoms with Crippen molar-refractivity contribution in [3.8, 4) is 0 Å². The minimum absolute atomic E-state index is 0.205. The molecule has 1 aliphatic heterocycles. The third-order valence-electron chi connectivity index (χ3n) is 3.87. The summed E-state index contributed by atoms with van der Waals surface area (Å²) in [4.78, 5) is 25.6. The summed E-state index contributed by atoms with van der Waals surface area (Å²) in [5, 5.41) is 45.7. The van der Waals surface area contributed by atoms with Gasteiger partial charge < -0.3 is 35.3 Å². The first-order valence-electron chi connectivity index (χ1n) is 7.30. The second kappa shape index (κ2) is 7.49. The Balaban J connectivity index is 2.33. The number of hydrogen-bond donors (Lipinski definition) is 4. The molecule has 11 nitrogen and oxygen atoms in total. The van der Waals surface area contributed by atoms with E-state index in [0.717, 1.165) is 6.08 Å². The van der Waals surface area contributed by atoms with Gasteiger partial charge in [0, 0.05) is 10.8 Å². The standard InChI is InChI=1S/C13H18N4O7/c14-17-16-6-3-8(13(22)23)24-11(10(20)7(19)4-18)9(6)15-12(21)5-1-2-5/h3,5-7,9-11,18-20H,1-2,4H2,(H,15,21)(H,22,23)/p-1/t6-,7+,9+,10+,11+/m0/s1. The van der Waals surface area contributed by atoms with Gasteiger partial charge in [0.15, 0.2) is 0 Å². The van der Waals surface area contributed by atoms with Crippen molar-refractivity contribution in [2.75, 3.05) is 6.61 Å². The Kier molecular flexibility index (Phi) is 5.62. The van der Waals surface area contributed by atoms with Crippen LogP contribution in [0.1, 0.15) is 12.8 Å². The van der Waals surface area contributed by atoms with E-state index in [4.69, 9.17) is 15.4 Å². The third kappa shape index (κ3) is 3.95. The van der Waals surface area contributed by atoms with Crippen LogP contribution < -0.4 is 10.4 Å². The quantitative estimate of drug-likeness (QED) is 0.220. The fraction of sp³-hybridized carbons (Fsp3) is 0.692. The normalized spacial score (nSPS) is 28.6. The zero-order chi connectivity index (χ0) is 17.9. The topological polar surface area (TPSA) is 188 Å². The number of hydrogen-bond acceptors (Lipinski definition) is 8. The highest BCUT2D eigenvalue weighted by atomic mass is 16.5. The summed E-state index contributed by atoms with van der Waals surface area (Å²) in [7, 11) is 0. The predicted molar refractivity (Wildman–Crippen MR) is 74.7 cm³/mol. The van der Waals surface area contributed by atoms with E-state index in [2.05, 4.69) is 15.3 Å². The summed E-state index contributed by atoms with van der Waals surface area (Å²) >= 11 is 0. The van der Waals surface area contributed by atoms with Crippen molar-refractivity contribution in [3.63, 3.8) is 0 Å².